The largest absolute Gasteiger partial charge is 0.265 e. The molecule has 0 bridgehead atoms. The molecule has 0 amide bonds. The first-order valence-electron chi connectivity index (χ1n) is 3.84. The molecule has 1 rings (SSSR count). The fraction of sp³-hybridized carbons (Fsp3) is 0.222. The van der Waals surface area contributed by atoms with Gasteiger partial charge in [-0.15, -0.1) is 0 Å². The summed E-state index contributed by atoms with van der Waals surface area (Å²) < 4.78 is 25.0. The number of hydrogen-bond donors (Lipinski definition) is 0. The number of hydrogen-bond acceptors (Lipinski definition) is 3. The van der Waals surface area contributed by atoms with Crippen LogP contribution in [0.1, 0.15) is 23.2 Å². The van der Waals surface area contributed by atoms with E-state index >= 15 is 0 Å². The molecule has 0 saturated carbocycles. The summed E-state index contributed by atoms with van der Waals surface area (Å²) in [6.07, 6.45) is -3.03. The van der Waals surface area contributed by atoms with E-state index in [0.29, 0.717) is 0 Å². The summed E-state index contributed by atoms with van der Waals surface area (Å²) in [6, 6.07) is 4.28. The summed E-state index contributed by atoms with van der Waals surface area (Å²) in [5.41, 5.74) is -0.762. The van der Waals surface area contributed by atoms with Crippen LogP contribution < -0.4 is 0 Å². The Hall–Kier alpha value is -1.72. The Kier molecular flexibility index (Phi) is 3.54. The van der Waals surface area contributed by atoms with E-state index in [0.717, 1.165) is 6.07 Å². The molecule has 0 unspecified atom stereocenters. The van der Waals surface area contributed by atoms with Crippen molar-refractivity contribution in [3.8, 4) is 12.1 Å². The molecule has 0 atom stereocenters. The molecular formula is C9H4ClF2N3. The van der Waals surface area contributed by atoms with Crippen molar-refractivity contribution in [2.75, 3.05) is 0 Å². The lowest BCUT2D eigenvalue weighted by Gasteiger charge is -2.06. The first-order valence-corrected chi connectivity index (χ1v) is 4.22. The molecule has 76 valence electrons. The van der Waals surface area contributed by atoms with Gasteiger partial charge in [0, 0.05) is 5.56 Å². The number of aromatic nitrogens is 1. The van der Waals surface area contributed by atoms with E-state index in [1.165, 1.54) is 0 Å². The standard InChI is InChI=1S/C9H4ClF2N3/c10-8-3-5(9(11)12)6(4-14)7(15-8)1-2-13/h3,9H,1H2. The minimum absolute atomic E-state index is 0.0113. The normalized spacial score (nSPS) is 9.73. The van der Waals surface area contributed by atoms with Crippen molar-refractivity contribution in [1.29, 1.82) is 10.5 Å². The van der Waals surface area contributed by atoms with Crippen molar-refractivity contribution in [2.24, 2.45) is 0 Å². The van der Waals surface area contributed by atoms with Crippen molar-refractivity contribution in [2.45, 2.75) is 12.8 Å². The molecule has 0 spiro atoms. The summed E-state index contributed by atoms with van der Waals surface area (Å²) in [5, 5.41) is 17.0. The molecule has 0 aromatic carbocycles. The first kappa shape index (κ1) is 11.4. The van der Waals surface area contributed by atoms with Crippen LogP contribution >= 0.6 is 11.6 Å². The van der Waals surface area contributed by atoms with Crippen LogP contribution in [0, 0.1) is 22.7 Å². The van der Waals surface area contributed by atoms with Gasteiger partial charge in [0.25, 0.3) is 6.43 Å². The predicted octanol–water partition coefficient (Wildman–Crippen LogP) is 2.61. The summed E-state index contributed by atoms with van der Waals surface area (Å²) >= 11 is 5.50. The molecule has 1 aromatic rings. The van der Waals surface area contributed by atoms with Crippen molar-refractivity contribution in [3.05, 3.63) is 28.0 Å². The highest BCUT2D eigenvalue weighted by Crippen LogP contribution is 2.26. The van der Waals surface area contributed by atoms with E-state index in [2.05, 4.69) is 4.98 Å². The van der Waals surface area contributed by atoms with Crippen LogP contribution in [0.3, 0.4) is 0 Å². The Morgan fingerprint density at radius 1 is 1.47 bits per heavy atom. The van der Waals surface area contributed by atoms with Gasteiger partial charge in [0.1, 0.15) is 11.2 Å². The Bertz CT molecular complexity index is 460. The maximum absolute atomic E-state index is 12.5. The van der Waals surface area contributed by atoms with Gasteiger partial charge >= 0.3 is 0 Å². The molecule has 0 N–H and O–H groups in total. The van der Waals surface area contributed by atoms with E-state index in [-0.39, 0.29) is 22.8 Å². The van der Waals surface area contributed by atoms with Crippen LogP contribution in [0.4, 0.5) is 8.78 Å². The lowest BCUT2D eigenvalue weighted by molar-refractivity contribution is 0.151. The fourth-order valence-corrected chi connectivity index (χ4v) is 1.31. The van der Waals surface area contributed by atoms with E-state index < -0.39 is 12.0 Å². The summed E-state index contributed by atoms with van der Waals surface area (Å²) in [6.45, 7) is 0. The molecule has 1 heterocycles. The van der Waals surface area contributed by atoms with Crippen LogP contribution in [0.15, 0.2) is 6.07 Å². The van der Waals surface area contributed by atoms with Gasteiger partial charge in [-0.1, -0.05) is 11.6 Å². The van der Waals surface area contributed by atoms with E-state index in [1.807, 2.05) is 0 Å². The van der Waals surface area contributed by atoms with E-state index in [1.54, 1.807) is 12.1 Å². The second kappa shape index (κ2) is 4.68. The molecule has 0 saturated heterocycles. The molecule has 0 aliphatic rings. The summed E-state index contributed by atoms with van der Waals surface area (Å²) in [5.74, 6) is 0. The first-order chi connectivity index (χ1) is 7.10. The second-order valence-corrected chi connectivity index (χ2v) is 2.99. The highest BCUT2D eigenvalue weighted by Gasteiger charge is 2.18. The zero-order valence-corrected chi connectivity index (χ0v) is 8.09. The van der Waals surface area contributed by atoms with Gasteiger partial charge in [-0.2, -0.15) is 10.5 Å². The van der Waals surface area contributed by atoms with Gasteiger partial charge < -0.3 is 0 Å². The number of alkyl halides is 2. The molecule has 0 aliphatic heterocycles. The van der Waals surface area contributed by atoms with Crippen molar-refractivity contribution >= 4 is 11.6 Å². The molecule has 0 radical (unpaired) electrons. The van der Waals surface area contributed by atoms with Crippen LogP contribution in [0.5, 0.6) is 0 Å². The molecule has 15 heavy (non-hydrogen) atoms. The van der Waals surface area contributed by atoms with Crippen LogP contribution in [0.25, 0.3) is 0 Å². The zero-order chi connectivity index (χ0) is 11.4. The van der Waals surface area contributed by atoms with Crippen LogP contribution in [-0.2, 0) is 6.42 Å². The average molecular weight is 228 g/mol. The highest BCUT2D eigenvalue weighted by molar-refractivity contribution is 6.29. The quantitative estimate of drug-likeness (QED) is 0.730. The Labute approximate surface area is 89.5 Å². The molecule has 1 aromatic heterocycles. The SMILES string of the molecule is N#CCc1nc(Cl)cc(C(F)F)c1C#N. The molecule has 0 aliphatic carbocycles. The fourth-order valence-electron chi connectivity index (χ4n) is 1.09. The third kappa shape index (κ3) is 2.39. The topological polar surface area (TPSA) is 60.5 Å². The van der Waals surface area contributed by atoms with Gasteiger partial charge in [-0.25, -0.2) is 13.8 Å². The van der Waals surface area contributed by atoms with Crippen molar-refractivity contribution in [1.82, 2.24) is 4.98 Å². The van der Waals surface area contributed by atoms with Crippen molar-refractivity contribution < 1.29 is 8.78 Å². The minimum Gasteiger partial charge on any atom is -0.239 e. The number of nitriles is 2. The monoisotopic (exact) mass is 227 g/mol. The number of rotatable bonds is 2. The Balaban J connectivity index is 3.41. The third-order valence-electron chi connectivity index (χ3n) is 1.69. The molecule has 3 nitrogen and oxygen atoms in total. The summed E-state index contributed by atoms with van der Waals surface area (Å²) in [4.78, 5) is 3.66. The lowest BCUT2D eigenvalue weighted by atomic mass is 10.1. The maximum Gasteiger partial charge on any atom is 0.265 e. The van der Waals surface area contributed by atoms with Crippen molar-refractivity contribution in [3.63, 3.8) is 0 Å². The van der Waals surface area contributed by atoms with Crippen LogP contribution in [0.2, 0.25) is 5.15 Å². The molecule has 6 heteroatoms. The number of nitrogens with zero attached hydrogens (tertiary/aromatic N) is 3. The van der Waals surface area contributed by atoms with Gasteiger partial charge in [0.15, 0.2) is 0 Å². The van der Waals surface area contributed by atoms with Crippen LogP contribution in [-0.4, -0.2) is 4.98 Å². The Morgan fingerprint density at radius 2 is 2.13 bits per heavy atom. The minimum atomic E-state index is -2.81. The lowest BCUT2D eigenvalue weighted by Crippen LogP contribution is -2.00. The van der Waals surface area contributed by atoms with E-state index in [4.69, 9.17) is 22.1 Å². The zero-order valence-electron chi connectivity index (χ0n) is 7.34. The van der Waals surface area contributed by atoms with Gasteiger partial charge in [-0.3, -0.25) is 0 Å². The van der Waals surface area contributed by atoms with Gasteiger partial charge in [0.05, 0.1) is 23.7 Å². The third-order valence-corrected chi connectivity index (χ3v) is 1.88. The van der Waals surface area contributed by atoms with Gasteiger partial charge in [0.2, 0.25) is 0 Å². The number of halogens is 3. The maximum atomic E-state index is 12.5. The smallest absolute Gasteiger partial charge is 0.239 e. The second-order valence-electron chi connectivity index (χ2n) is 2.60. The summed E-state index contributed by atoms with van der Waals surface area (Å²) in [7, 11) is 0. The Morgan fingerprint density at radius 3 is 2.60 bits per heavy atom. The van der Waals surface area contributed by atoms with E-state index in [9.17, 15) is 8.78 Å². The van der Waals surface area contributed by atoms with Gasteiger partial charge in [-0.05, 0) is 6.07 Å². The molecular weight excluding hydrogens is 224 g/mol. The molecule has 0 fully saturated rings. The highest BCUT2D eigenvalue weighted by atomic mass is 35.5. The number of pyridine rings is 1. The predicted molar refractivity (Wildman–Crippen MR) is 48.2 cm³/mol. The average Bonchev–Trinajstić information content (AvgIpc) is 2.17.